The molecule has 0 unspecified atom stereocenters. The lowest BCUT2D eigenvalue weighted by molar-refractivity contribution is 0.0903. The van der Waals surface area contributed by atoms with Gasteiger partial charge in [0, 0.05) is 16.5 Å². The smallest absolute Gasteiger partial charge is 0.251 e. The van der Waals surface area contributed by atoms with Gasteiger partial charge in [0.2, 0.25) is 0 Å². The fourth-order valence-corrected chi connectivity index (χ4v) is 4.50. The monoisotopic (exact) mass is 443 g/mol. The highest BCUT2D eigenvalue weighted by Gasteiger charge is 2.39. The number of hydrogen-bond donors (Lipinski definition) is 1. The molecule has 0 aliphatic heterocycles. The molecule has 172 valence electrons. The summed E-state index contributed by atoms with van der Waals surface area (Å²) in [6.07, 6.45) is 4.91. The fraction of sp³-hybridized carbons (Fsp3) is 0.481. The van der Waals surface area contributed by atoms with Crippen LogP contribution in [-0.2, 0) is 5.41 Å². The third-order valence-electron chi connectivity index (χ3n) is 6.89. The van der Waals surface area contributed by atoms with Crippen LogP contribution in [0.15, 0.2) is 42.5 Å². The molecule has 0 spiro atoms. The zero-order valence-electron chi connectivity index (χ0n) is 20.2. The van der Waals surface area contributed by atoms with Gasteiger partial charge in [-0.3, -0.25) is 4.79 Å². The van der Waals surface area contributed by atoms with Crippen molar-refractivity contribution in [3.8, 4) is 16.8 Å². The molecule has 6 heteroatoms. The number of carbonyl (C=O) groups is 1. The van der Waals surface area contributed by atoms with Crippen LogP contribution in [0.1, 0.15) is 88.0 Å². The second-order valence-electron chi connectivity index (χ2n) is 11.3. The average molecular weight is 444 g/mol. The Kier molecular flexibility index (Phi) is 5.15. The lowest BCUT2D eigenvalue weighted by atomic mass is 9.95. The molecule has 2 saturated carbocycles. The Morgan fingerprint density at radius 3 is 2.24 bits per heavy atom. The van der Waals surface area contributed by atoms with Gasteiger partial charge >= 0.3 is 0 Å². The Morgan fingerprint density at radius 2 is 1.64 bits per heavy atom. The van der Waals surface area contributed by atoms with E-state index >= 15 is 0 Å². The SMILES string of the molecule is CC(C)(C)c1nnnn1-c1cc(C(=O)NC(C)(C)C2CC2)cc(-c2ccc(C3CC3)cc2)c1. The van der Waals surface area contributed by atoms with Crippen LogP contribution in [0.4, 0.5) is 0 Å². The van der Waals surface area contributed by atoms with Gasteiger partial charge in [0.1, 0.15) is 0 Å². The zero-order valence-corrected chi connectivity index (χ0v) is 20.2. The number of hydrogen-bond acceptors (Lipinski definition) is 4. The molecule has 0 radical (unpaired) electrons. The summed E-state index contributed by atoms with van der Waals surface area (Å²) in [6.45, 7) is 10.5. The van der Waals surface area contributed by atoms with Crippen LogP contribution in [0.5, 0.6) is 0 Å². The lowest BCUT2D eigenvalue weighted by Gasteiger charge is -2.26. The van der Waals surface area contributed by atoms with E-state index in [1.54, 1.807) is 4.68 Å². The molecular weight excluding hydrogens is 410 g/mol. The molecule has 2 aromatic carbocycles. The molecule has 2 fully saturated rings. The Morgan fingerprint density at radius 1 is 0.939 bits per heavy atom. The van der Waals surface area contributed by atoms with Crippen LogP contribution in [0.2, 0.25) is 0 Å². The molecule has 6 nitrogen and oxygen atoms in total. The van der Waals surface area contributed by atoms with E-state index in [9.17, 15) is 4.79 Å². The van der Waals surface area contributed by atoms with Crippen molar-refractivity contribution in [3.63, 3.8) is 0 Å². The van der Waals surface area contributed by atoms with Gasteiger partial charge in [-0.2, -0.15) is 4.68 Å². The fourth-order valence-electron chi connectivity index (χ4n) is 4.50. The minimum Gasteiger partial charge on any atom is -0.347 e. The summed E-state index contributed by atoms with van der Waals surface area (Å²) < 4.78 is 1.75. The van der Waals surface area contributed by atoms with Gasteiger partial charge in [0.25, 0.3) is 5.91 Å². The van der Waals surface area contributed by atoms with Crippen molar-refractivity contribution in [1.82, 2.24) is 25.5 Å². The molecule has 3 aromatic rings. The van der Waals surface area contributed by atoms with Crippen LogP contribution < -0.4 is 5.32 Å². The van der Waals surface area contributed by atoms with Gasteiger partial charge in [0.05, 0.1) is 5.69 Å². The topological polar surface area (TPSA) is 72.7 Å². The van der Waals surface area contributed by atoms with Crippen molar-refractivity contribution in [2.75, 3.05) is 0 Å². The number of amides is 1. The highest BCUT2D eigenvalue weighted by atomic mass is 16.1. The normalized spacial score (nSPS) is 16.6. The van der Waals surface area contributed by atoms with E-state index in [1.807, 2.05) is 12.1 Å². The summed E-state index contributed by atoms with van der Waals surface area (Å²) in [6, 6.07) is 14.7. The van der Waals surface area contributed by atoms with E-state index < -0.39 is 0 Å². The third kappa shape index (κ3) is 4.56. The Hall–Kier alpha value is -3.02. The highest BCUT2D eigenvalue weighted by molar-refractivity contribution is 5.96. The molecular formula is C27H33N5O. The molecule has 1 N–H and O–H groups in total. The van der Waals surface area contributed by atoms with Crippen molar-refractivity contribution >= 4 is 5.91 Å². The summed E-state index contributed by atoms with van der Waals surface area (Å²) in [5.41, 5.74) is 4.43. The maximum Gasteiger partial charge on any atom is 0.251 e. The summed E-state index contributed by atoms with van der Waals surface area (Å²) >= 11 is 0. The van der Waals surface area contributed by atoms with Crippen LogP contribution >= 0.6 is 0 Å². The molecule has 1 amide bonds. The Bertz CT molecular complexity index is 1180. The summed E-state index contributed by atoms with van der Waals surface area (Å²) in [7, 11) is 0. The number of rotatable bonds is 6. The van der Waals surface area contributed by atoms with E-state index in [0.29, 0.717) is 17.4 Å². The van der Waals surface area contributed by atoms with Gasteiger partial charge in [-0.1, -0.05) is 45.0 Å². The highest BCUT2D eigenvalue weighted by Crippen LogP contribution is 2.41. The quantitative estimate of drug-likeness (QED) is 0.552. The first-order valence-corrected chi connectivity index (χ1v) is 12.0. The second kappa shape index (κ2) is 7.79. The molecule has 5 rings (SSSR count). The number of benzene rings is 2. The maximum atomic E-state index is 13.4. The van der Waals surface area contributed by atoms with Crippen molar-refractivity contribution in [2.45, 2.75) is 77.2 Å². The summed E-state index contributed by atoms with van der Waals surface area (Å²) in [5, 5.41) is 15.7. The zero-order chi connectivity index (χ0) is 23.4. The first-order valence-electron chi connectivity index (χ1n) is 12.0. The molecule has 2 aliphatic rings. The van der Waals surface area contributed by atoms with E-state index in [1.165, 1.54) is 31.2 Å². The molecule has 0 bridgehead atoms. The first-order chi connectivity index (χ1) is 15.6. The van der Waals surface area contributed by atoms with Crippen LogP contribution in [0.3, 0.4) is 0 Å². The van der Waals surface area contributed by atoms with E-state index in [-0.39, 0.29) is 16.9 Å². The van der Waals surface area contributed by atoms with Crippen LogP contribution in [-0.4, -0.2) is 31.7 Å². The first kappa shape index (κ1) is 21.8. The van der Waals surface area contributed by atoms with Gasteiger partial charge in [0.15, 0.2) is 5.82 Å². The molecule has 0 atom stereocenters. The number of tetrazole rings is 1. The summed E-state index contributed by atoms with van der Waals surface area (Å²) in [5.74, 6) is 1.96. The van der Waals surface area contributed by atoms with Crippen molar-refractivity contribution < 1.29 is 4.79 Å². The largest absolute Gasteiger partial charge is 0.347 e. The van der Waals surface area contributed by atoms with Gasteiger partial charge in [-0.05, 0) is 96.7 Å². The van der Waals surface area contributed by atoms with Crippen molar-refractivity contribution in [2.24, 2.45) is 5.92 Å². The standard InChI is InChI=1S/C27H33N5O/c1-26(2,3)25-29-30-31-32(25)23-15-20(19-10-8-18(9-11-19)17-6-7-17)14-21(16-23)24(33)28-27(4,5)22-12-13-22/h8-11,14-17,22H,6-7,12-13H2,1-5H3,(H,28,33). The average Bonchev–Trinajstić information content (AvgIpc) is 3.69. The number of nitrogens with zero attached hydrogens (tertiary/aromatic N) is 4. The van der Waals surface area contributed by atoms with Gasteiger partial charge in [-0.15, -0.1) is 5.10 Å². The Balaban J connectivity index is 1.56. The van der Waals surface area contributed by atoms with Gasteiger partial charge in [-0.25, -0.2) is 0 Å². The lowest BCUT2D eigenvalue weighted by Crippen LogP contribution is -2.45. The van der Waals surface area contributed by atoms with Crippen LogP contribution in [0.25, 0.3) is 16.8 Å². The molecule has 0 saturated heterocycles. The van der Waals surface area contributed by atoms with E-state index in [0.717, 1.165) is 22.6 Å². The predicted octanol–water partition coefficient (Wildman–Crippen LogP) is 5.42. The minimum atomic E-state index is -0.234. The number of aromatic nitrogens is 4. The molecule has 1 heterocycles. The number of carbonyl (C=O) groups excluding carboxylic acids is 1. The third-order valence-corrected chi connectivity index (χ3v) is 6.89. The maximum absolute atomic E-state index is 13.4. The molecule has 33 heavy (non-hydrogen) atoms. The molecule has 1 aromatic heterocycles. The Labute approximate surface area is 195 Å². The van der Waals surface area contributed by atoms with E-state index in [2.05, 4.69) is 85.8 Å². The van der Waals surface area contributed by atoms with Crippen molar-refractivity contribution in [1.29, 1.82) is 0 Å². The number of nitrogens with one attached hydrogen (secondary N) is 1. The molecule has 2 aliphatic carbocycles. The van der Waals surface area contributed by atoms with Gasteiger partial charge < -0.3 is 5.32 Å². The van der Waals surface area contributed by atoms with E-state index in [4.69, 9.17) is 0 Å². The minimum absolute atomic E-state index is 0.0602. The second-order valence-corrected chi connectivity index (χ2v) is 11.3. The van der Waals surface area contributed by atoms with Crippen molar-refractivity contribution in [3.05, 3.63) is 59.4 Å². The predicted molar refractivity (Wildman–Crippen MR) is 130 cm³/mol. The van der Waals surface area contributed by atoms with Crippen LogP contribution in [0, 0.1) is 5.92 Å². The summed E-state index contributed by atoms with van der Waals surface area (Å²) in [4.78, 5) is 13.4.